The second kappa shape index (κ2) is 2.27. The van der Waals surface area contributed by atoms with Crippen LogP contribution in [-0.4, -0.2) is 17.5 Å². The first kappa shape index (κ1) is 9.00. The summed E-state index contributed by atoms with van der Waals surface area (Å²) in [7, 11) is 0. The molecule has 2 amide bonds. The maximum atomic E-state index is 11.5. The van der Waals surface area contributed by atoms with Gasteiger partial charge >= 0.3 is 0 Å². The summed E-state index contributed by atoms with van der Waals surface area (Å²) >= 11 is 0. The molecule has 2 aliphatic heterocycles. The Labute approximate surface area is 81.5 Å². The van der Waals surface area contributed by atoms with Crippen molar-refractivity contribution < 1.29 is 9.59 Å². The fourth-order valence-electron chi connectivity index (χ4n) is 2.35. The Morgan fingerprint density at radius 1 is 1.43 bits per heavy atom. The van der Waals surface area contributed by atoms with Crippen molar-refractivity contribution in [2.24, 2.45) is 11.3 Å². The quantitative estimate of drug-likeness (QED) is 0.544. The zero-order valence-electron chi connectivity index (χ0n) is 8.05. The van der Waals surface area contributed by atoms with Crippen LogP contribution in [0, 0.1) is 22.7 Å². The smallest absolute Gasteiger partial charge is 0.239 e. The molecular formula is C9H11N3O2. The number of fused-ring (bicyclic) bond motifs is 1. The van der Waals surface area contributed by atoms with Crippen molar-refractivity contribution in [1.29, 1.82) is 5.26 Å². The zero-order valence-corrected chi connectivity index (χ0v) is 8.05. The van der Waals surface area contributed by atoms with E-state index in [4.69, 9.17) is 5.26 Å². The highest BCUT2D eigenvalue weighted by Crippen LogP contribution is 2.48. The average molecular weight is 193 g/mol. The van der Waals surface area contributed by atoms with Gasteiger partial charge in [0.25, 0.3) is 0 Å². The van der Waals surface area contributed by atoms with Crippen molar-refractivity contribution in [3.63, 3.8) is 0 Å². The maximum Gasteiger partial charge on any atom is 0.239 e. The monoisotopic (exact) mass is 193 g/mol. The molecule has 0 radical (unpaired) electrons. The third kappa shape index (κ3) is 0.782. The number of hydrogen-bond acceptors (Lipinski definition) is 3. The van der Waals surface area contributed by atoms with Gasteiger partial charge in [-0.05, 0) is 6.92 Å². The molecule has 5 nitrogen and oxygen atoms in total. The van der Waals surface area contributed by atoms with Crippen LogP contribution in [0.4, 0.5) is 0 Å². The third-order valence-corrected chi connectivity index (χ3v) is 3.46. The first-order chi connectivity index (χ1) is 6.43. The summed E-state index contributed by atoms with van der Waals surface area (Å²) in [6.07, 6.45) is 0.223. The second-order valence-corrected chi connectivity index (χ2v) is 4.32. The van der Waals surface area contributed by atoms with Crippen LogP contribution in [0.5, 0.6) is 0 Å². The fourth-order valence-corrected chi connectivity index (χ4v) is 2.35. The highest BCUT2D eigenvalue weighted by molar-refractivity contribution is 5.92. The van der Waals surface area contributed by atoms with Crippen LogP contribution in [0.3, 0.4) is 0 Å². The molecule has 0 aromatic rings. The van der Waals surface area contributed by atoms with Crippen LogP contribution in [0.1, 0.15) is 20.3 Å². The van der Waals surface area contributed by atoms with E-state index in [1.54, 1.807) is 13.8 Å². The van der Waals surface area contributed by atoms with Crippen molar-refractivity contribution in [2.75, 3.05) is 0 Å². The zero-order chi connectivity index (χ0) is 10.6. The lowest BCUT2D eigenvalue weighted by Gasteiger charge is -2.32. The Morgan fingerprint density at radius 3 is 2.64 bits per heavy atom. The van der Waals surface area contributed by atoms with Gasteiger partial charge < -0.3 is 10.6 Å². The van der Waals surface area contributed by atoms with E-state index in [9.17, 15) is 9.59 Å². The number of rotatable bonds is 0. The lowest BCUT2D eigenvalue weighted by Crippen LogP contribution is -2.54. The number of hydrogen-bond donors (Lipinski definition) is 2. The number of nitrogens with zero attached hydrogens (tertiary/aromatic N) is 1. The lowest BCUT2D eigenvalue weighted by atomic mass is 9.72. The van der Waals surface area contributed by atoms with Gasteiger partial charge in [-0.1, -0.05) is 6.92 Å². The number of nitriles is 1. The SMILES string of the molecule is C[C@]12NC(=O)C[C@@]1(C)[C@H](C#N)C(=O)N2. The average Bonchev–Trinajstić information content (AvgIpc) is 2.31. The first-order valence-electron chi connectivity index (χ1n) is 4.45. The summed E-state index contributed by atoms with van der Waals surface area (Å²) < 4.78 is 0. The van der Waals surface area contributed by atoms with E-state index in [1.165, 1.54) is 0 Å². The predicted molar refractivity (Wildman–Crippen MR) is 46.5 cm³/mol. The minimum atomic E-state index is -0.762. The Balaban J connectivity index is 2.49. The summed E-state index contributed by atoms with van der Waals surface area (Å²) in [6.45, 7) is 3.53. The van der Waals surface area contributed by atoms with Crippen LogP contribution in [0.2, 0.25) is 0 Å². The van der Waals surface area contributed by atoms with Crippen molar-refractivity contribution in [2.45, 2.75) is 25.9 Å². The third-order valence-electron chi connectivity index (χ3n) is 3.46. The van der Waals surface area contributed by atoms with Gasteiger partial charge in [0.1, 0.15) is 11.6 Å². The molecule has 14 heavy (non-hydrogen) atoms. The molecule has 2 fully saturated rings. The Hall–Kier alpha value is -1.57. The van der Waals surface area contributed by atoms with Gasteiger partial charge in [0, 0.05) is 11.8 Å². The Morgan fingerprint density at radius 2 is 2.07 bits per heavy atom. The molecule has 0 aliphatic carbocycles. The minimum absolute atomic E-state index is 0.116. The molecule has 0 saturated carbocycles. The molecule has 2 saturated heterocycles. The van der Waals surface area contributed by atoms with Gasteiger partial charge in [-0.2, -0.15) is 5.26 Å². The number of nitrogens with one attached hydrogen (secondary N) is 2. The van der Waals surface area contributed by atoms with Gasteiger partial charge in [0.15, 0.2) is 0 Å². The summed E-state index contributed by atoms with van der Waals surface area (Å²) in [6, 6.07) is 1.97. The molecule has 0 aromatic heterocycles. The van der Waals surface area contributed by atoms with E-state index in [0.29, 0.717) is 0 Å². The molecule has 2 aliphatic rings. The molecule has 0 unspecified atom stereocenters. The number of carbonyl (C=O) groups is 2. The van der Waals surface area contributed by atoms with Crippen LogP contribution in [0.25, 0.3) is 0 Å². The van der Waals surface area contributed by atoms with Crippen LogP contribution >= 0.6 is 0 Å². The van der Waals surface area contributed by atoms with Gasteiger partial charge in [0.05, 0.1) is 6.07 Å². The van der Waals surface area contributed by atoms with Crippen molar-refractivity contribution in [1.82, 2.24) is 10.6 Å². The molecule has 2 rings (SSSR count). The van der Waals surface area contributed by atoms with Crippen LogP contribution in [-0.2, 0) is 9.59 Å². The van der Waals surface area contributed by atoms with Gasteiger partial charge in [0.2, 0.25) is 11.8 Å². The van der Waals surface area contributed by atoms with Gasteiger partial charge in [-0.25, -0.2) is 0 Å². The van der Waals surface area contributed by atoms with E-state index in [-0.39, 0.29) is 18.2 Å². The fraction of sp³-hybridized carbons (Fsp3) is 0.667. The second-order valence-electron chi connectivity index (χ2n) is 4.32. The highest BCUT2D eigenvalue weighted by Gasteiger charge is 2.64. The molecular weight excluding hydrogens is 182 g/mol. The first-order valence-corrected chi connectivity index (χ1v) is 4.45. The number of amides is 2. The van der Waals surface area contributed by atoms with E-state index >= 15 is 0 Å². The molecule has 0 aromatic carbocycles. The Bertz CT molecular complexity index is 373. The Kier molecular flexibility index (Phi) is 1.46. The highest BCUT2D eigenvalue weighted by atomic mass is 16.2. The molecule has 74 valence electrons. The summed E-state index contributed by atoms with van der Waals surface area (Å²) in [4.78, 5) is 22.7. The topological polar surface area (TPSA) is 82.0 Å². The van der Waals surface area contributed by atoms with Crippen molar-refractivity contribution in [3.05, 3.63) is 0 Å². The molecule has 5 heteroatoms. The molecule has 2 heterocycles. The van der Waals surface area contributed by atoms with E-state index in [1.807, 2.05) is 6.07 Å². The molecule has 3 atom stereocenters. The minimum Gasteiger partial charge on any atom is -0.333 e. The summed E-state index contributed by atoms with van der Waals surface area (Å²) in [5, 5.41) is 14.3. The number of carbonyl (C=O) groups excluding carboxylic acids is 2. The molecule has 2 N–H and O–H groups in total. The largest absolute Gasteiger partial charge is 0.333 e. The molecule has 0 spiro atoms. The van der Waals surface area contributed by atoms with Crippen molar-refractivity contribution in [3.8, 4) is 6.07 Å². The normalized spacial score (nSPS) is 45.4. The van der Waals surface area contributed by atoms with Crippen LogP contribution < -0.4 is 10.6 Å². The predicted octanol–water partition coefficient (Wildman–Crippen LogP) is -0.502. The van der Waals surface area contributed by atoms with Crippen molar-refractivity contribution >= 4 is 11.8 Å². The maximum absolute atomic E-state index is 11.5. The standard InChI is InChI=1S/C9H11N3O2/c1-8-3-6(13)11-9(8,2)12-7(14)5(8)4-10/h5H,3H2,1-2H3,(H,11,13)(H,12,14)/t5-,8+,9-/m1/s1. The van der Waals surface area contributed by atoms with E-state index in [2.05, 4.69) is 10.6 Å². The summed E-state index contributed by atoms with van der Waals surface area (Å²) in [5.41, 5.74) is -1.39. The molecule has 0 bridgehead atoms. The summed E-state index contributed by atoms with van der Waals surface area (Å²) in [5.74, 6) is -1.15. The van der Waals surface area contributed by atoms with Crippen LogP contribution in [0.15, 0.2) is 0 Å². The van der Waals surface area contributed by atoms with Gasteiger partial charge in [-0.3, -0.25) is 9.59 Å². The van der Waals surface area contributed by atoms with E-state index < -0.39 is 17.0 Å². The van der Waals surface area contributed by atoms with Gasteiger partial charge in [-0.15, -0.1) is 0 Å². The van der Waals surface area contributed by atoms with E-state index in [0.717, 1.165) is 0 Å². The lowest BCUT2D eigenvalue weighted by molar-refractivity contribution is -0.124.